The van der Waals surface area contributed by atoms with Crippen molar-refractivity contribution in [1.29, 1.82) is 0 Å². The molecular formula is C23H27FN2. The van der Waals surface area contributed by atoms with E-state index in [0.29, 0.717) is 17.8 Å². The van der Waals surface area contributed by atoms with Crippen LogP contribution in [0.1, 0.15) is 49.1 Å². The van der Waals surface area contributed by atoms with Crippen LogP contribution in [0.4, 0.5) is 10.1 Å². The van der Waals surface area contributed by atoms with E-state index in [0.717, 1.165) is 18.8 Å². The molecule has 3 heteroatoms. The molecule has 2 aliphatic rings. The fourth-order valence-corrected chi connectivity index (χ4v) is 4.39. The molecular weight excluding hydrogens is 323 g/mol. The lowest BCUT2D eigenvalue weighted by Gasteiger charge is -2.34. The predicted octanol–water partition coefficient (Wildman–Crippen LogP) is 5.53. The van der Waals surface area contributed by atoms with Gasteiger partial charge in [0.05, 0.1) is 5.69 Å². The Hall–Kier alpha value is -2.00. The van der Waals surface area contributed by atoms with Crippen molar-refractivity contribution in [3.8, 4) is 0 Å². The maximum absolute atomic E-state index is 13.4. The molecule has 1 saturated heterocycles. The van der Waals surface area contributed by atoms with Crippen LogP contribution in [0, 0.1) is 11.7 Å². The van der Waals surface area contributed by atoms with Crippen LogP contribution in [0.15, 0.2) is 53.5 Å². The molecule has 2 unspecified atom stereocenters. The molecule has 2 aliphatic heterocycles. The minimum Gasteiger partial charge on any atom is -0.303 e. The molecule has 2 atom stereocenters. The van der Waals surface area contributed by atoms with E-state index in [1.165, 1.54) is 36.9 Å². The van der Waals surface area contributed by atoms with Gasteiger partial charge >= 0.3 is 0 Å². The number of piperidine rings is 1. The van der Waals surface area contributed by atoms with Gasteiger partial charge in [0, 0.05) is 12.1 Å². The van der Waals surface area contributed by atoms with Crippen molar-refractivity contribution in [3.05, 3.63) is 65.5 Å². The second kappa shape index (κ2) is 7.71. The van der Waals surface area contributed by atoms with Crippen molar-refractivity contribution in [2.45, 2.75) is 38.0 Å². The van der Waals surface area contributed by atoms with E-state index in [1.807, 2.05) is 12.3 Å². The number of likely N-dealkylation sites (tertiary alicyclic amines) is 1. The fourth-order valence-electron chi connectivity index (χ4n) is 4.39. The van der Waals surface area contributed by atoms with Gasteiger partial charge in [0.15, 0.2) is 0 Å². The number of nitrogens with zero attached hydrogens (tertiary/aromatic N) is 2. The fraction of sp³-hybridized carbons (Fsp3) is 0.435. The number of benzene rings is 2. The van der Waals surface area contributed by atoms with Crippen LogP contribution >= 0.6 is 0 Å². The lowest BCUT2D eigenvalue weighted by Crippen LogP contribution is -2.36. The van der Waals surface area contributed by atoms with E-state index in [2.05, 4.69) is 47.1 Å². The normalized spacial score (nSPS) is 21.7. The van der Waals surface area contributed by atoms with Gasteiger partial charge < -0.3 is 4.90 Å². The minimum absolute atomic E-state index is 0.191. The van der Waals surface area contributed by atoms with E-state index in [1.54, 1.807) is 12.1 Å². The van der Waals surface area contributed by atoms with Crippen molar-refractivity contribution in [2.24, 2.45) is 10.9 Å². The molecule has 26 heavy (non-hydrogen) atoms. The molecule has 2 aromatic rings. The molecule has 0 N–H and O–H groups in total. The molecule has 0 saturated carbocycles. The Morgan fingerprint density at radius 2 is 1.88 bits per heavy atom. The summed E-state index contributed by atoms with van der Waals surface area (Å²) in [5.74, 6) is 1.42. The van der Waals surface area contributed by atoms with Crippen LogP contribution in [0.2, 0.25) is 0 Å². The van der Waals surface area contributed by atoms with Gasteiger partial charge in [-0.2, -0.15) is 0 Å². The molecule has 2 nitrogen and oxygen atoms in total. The van der Waals surface area contributed by atoms with Crippen LogP contribution in [0.3, 0.4) is 0 Å². The third-order valence-corrected chi connectivity index (χ3v) is 6.11. The first-order valence-electron chi connectivity index (χ1n) is 9.81. The Labute approximate surface area is 155 Å². The van der Waals surface area contributed by atoms with Crippen molar-refractivity contribution < 1.29 is 4.39 Å². The molecule has 0 amide bonds. The highest BCUT2D eigenvalue weighted by molar-refractivity contribution is 5.81. The number of fused-ring (bicyclic) bond motifs is 1. The van der Waals surface area contributed by atoms with Gasteiger partial charge in [0.25, 0.3) is 0 Å². The molecule has 0 aliphatic carbocycles. The van der Waals surface area contributed by atoms with Gasteiger partial charge in [-0.3, -0.25) is 4.99 Å². The first kappa shape index (κ1) is 17.4. The summed E-state index contributed by atoms with van der Waals surface area (Å²) in [4.78, 5) is 7.06. The lowest BCUT2D eigenvalue weighted by molar-refractivity contribution is 0.176. The molecule has 136 valence electrons. The topological polar surface area (TPSA) is 15.6 Å². The second-order valence-corrected chi connectivity index (χ2v) is 7.79. The summed E-state index contributed by atoms with van der Waals surface area (Å²) in [5, 5.41) is 0. The molecule has 1 fully saturated rings. The summed E-state index contributed by atoms with van der Waals surface area (Å²) in [7, 11) is 0. The summed E-state index contributed by atoms with van der Waals surface area (Å²) < 4.78 is 13.4. The summed E-state index contributed by atoms with van der Waals surface area (Å²) in [6.45, 7) is 5.82. The Morgan fingerprint density at radius 3 is 2.65 bits per heavy atom. The van der Waals surface area contributed by atoms with E-state index in [9.17, 15) is 4.39 Å². The highest BCUT2D eigenvalue weighted by atomic mass is 19.1. The monoisotopic (exact) mass is 350 g/mol. The van der Waals surface area contributed by atoms with Gasteiger partial charge in [-0.15, -0.1) is 0 Å². The van der Waals surface area contributed by atoms with E-state index in [-0.39, 0.29) is 5.82 Å². The number of rotatable bonds is 5. The van der Waals surface area contributed by atoms with Crippen LogP contribution in [-0.2, 0) is 0 Å². The van der Waals surface area contributed by atoms with Crippen LogP contribution < -0.4 is 0 Å². The summed E-state index contributed by atoms with van der Waals surface area (Å²) >= 11 is 0. The SMILES string of the molecule is CC(CCN1CCC(C2C=Nc3cc(F)ccc32)CC1)c1ccccc1. The zero-order valence-electron chi connectivity index (χ0n) is 15.4. The largest absolute Gasteiger partial charge is 0.303 e. The van der Waals surface area contributed by atoms with Gasteiger partial charge in [-0.1, -0.05) is 43.3 Å². The number of hydrogen-bond acceptors (Lipinski definition) is 2. The molecule has 0 aromatic heterocycles. The Morgan fingerprint density at radius 1 is 1.12 bits per heavy atom. The smallest absolute Gasteiger partial charge is 0.125 e. The molecule has 4 rings (SSSR count). The zero-order chi connectivity index (χ0) is 17.9. The Bertz CT molecular complexity index is 763. The van der Waals surface area contributed by atoms with Crippen molar-refractivity contribution in [1.82, 2.24) is 4.90 Å². The van der Waals surface area contributed by atoms with Crippen LogP contribution in [0.5, 0.6) is 0 Å². The second-order valence-electron chi connectivity index (χ2n) is 7.79. The standard InChI is InChI=1S/C23H27FN2/c1-17(18-5-3-2-4-6-18)9-12-26-13-10-19(11-14-26)22-16-25-23-15-20(24)7-8-21(22)23/h2-8,15-17,19,22H,9-14H2,1H3. The highest BCUT2D eigenvalue weighted by Gasteiger charge is 2.30. The third-order valence-electron chi connectivity index (χ3n) is 6.11. The van der Waals surface area contributed by atoms with E-state index in [4.69, 9.17) is 0 Å². The average molecular weight is 350 g/mol. The predicted molar refractivity (Wildman–Crippen MR) is 106 cm³/mol. The minimum atomic E-state index is -0.191. The maximum atomic E-state index is 13.4. The van der Waals surface area contributed by atoms with Crippen molar-refractivity contribution in [2.75, 3.05) is 19.6 Å². The van der Waals surface area contributed by atoms with Gasteiger partial charge in [-0.25, -0.2) is 4.39 Å². The van der Waals surface area contributed by atoms with Crippen LogP contribution in [0.25, 0.3) is 0 Å². The third kappa shape index (κ3) is 3.73. The Balaban J connectivity index is 1.28. The van der Waals surface area contributed by atoms with E-state index < -0.39 is 0 Å². The summed E-state index contributed by atoms with van der Waals surface area (Å²) in [5.41, 5.74) is 3.48. The quantitative estimate of drug-likeness (QED) is 0.692. The molecule has 2 heterocycles. The van der Waals surface area contributed by atoms with Crippen molar-refractivity contribution in [3.63, 3.8) is 0 Å². The van der Waals surface area contributed by atoms with Gasteiger partial charge in [-0.05, 0) is 74.0 Å². The lowest BCUT2D eigenvalue weighted by atomic mass is 9.81. The highest BCUT2D eigenvalue weighted by Crippen LogP contribution is 2.40. The van der Waals surface area contributed by atoms with E-state index >= 15 is 0 Å². The first-order valence-corrected chi connectivity index (χ1v) is 9.81. The first-order chi connectivity index (χ1) is 12.7. The molecule has 0 radical (unpaired) electrons. The zero-order valence-corrected chi connectivity index (χ0v) is 15.4. The van der Waals surface area contributed by atoms with Gasteiger partial charge in [0.1, 0.15) is 5.82 Å². The number of aliphatic imine (C=N–C) groups is 1. The average Bonchev–Trinajstić information content (AvgIpc) is 3.10. The summed E-state index contributed by atoms with van der Waals surface area (Å²) in [6.07, 6.45) is 5.66. The van der Waals surface area contributed by atoms with Gasteiger partial charge in [0.2, 0.25) is 0 Å². The number of halogens is 1. The maximum Gasteiger partial charge on any atom is 0.125 e. The van der Waals surface area contributed by atoms with Crippen LogP contribution in [-0.4, -0.2) is 30.7 Å². The van der Waals surface area contributed by atoms with Crippen molar-refractivity contribution >= 4 is 11.9 Å². The number of hydrogen-bond donors (Lipinski definition) is 0. The summed E-state index contributed by atoms with van der Waals surface area (Å²) in [6, 6.07) is 15.9. The molecule has 0 bridgehead atoms. The Kier molecular flexibility index (Phi) is 5.16. The molecule has 2 aromatic carbocycles. The molecule has 0 spiro atoms.